The fourth-order valence-corrected chi connectivity index (χ4v) is 1.82. The molecule has 1 aromatic carbocycles. The second-order valence-corrected chi connectivity index (χ2v) is 4.55. The zero-order valence-corrected chi connectivity index (χ0v) is 10.0. The van der Waals surface area contributed by atoms with Gasteiger partial charge >= 0.3 is 0 Å². The van der Waals surface area contributed by atoms with Crippen LogP contribution in [0.1, 0.15) is 18.9 Å². The molecule has 0 saturated carbocycles. The van der Waals surface area contributed by atoms with Crippen LogP contribution in [0.15, 0.2) is 18.2 Å². The molecule has 1 aromatic rings. The molecule has 1 unspecified atom stereocenters. The van der Waals surface area contributed by atoms with Crippen LogP contribution in [0.2, 0.25) is 0 Å². The molecule has 17 heavy (non-hydrogen) atoms. The van der Waals surface area contributed by atoms with Gasteiger partial charge in [-0.05, 0) is 43.0 Å². The van der Waals surface area contributed by atoms with Crippen LogP contribution >= 0.6 is 0 Å². The molecule has 1 aliphatic rings. The van der Waals surface area contributed by atoms with Crippen molar-refractivity contribution in [1.29, 1.82) is 0 Å². The summed E-state index contributed by atoms with van der Waals surface area (Å²) in [7, 11) is 0. The van der Waals surface area contributed by atoms with Crippen molar-refractivity contribution in [3.8, 4) is 5.75 Å². The molecule has 0 bridgehead atoms. The van der Waals surface area contributed by atoms with Gasteiger partial charge in [-0.2, -0.15) is 0 Å². The number of hydrogen-bond donors (Lipinski definition) is 2. The predicted molar refractivity (Wildman–Crippen MR) is 67.1 cm³/mol. The Morgan fingerprint density at radius 2 is 2.35 bits per heavy atom. The average molecular weight is 234 g/mol. The van der Waals surface area contributed by atoms with Crippen molar-refractivity contribution in [2.45, 2.75) is 19.8 Å². The lowest BCUT2D eigenvalue weighted by Crippen LogP contribution is -2.25. The molecule has 2 rings (SSSR count). The van der Waals surface area contributed by atoms with Crippen molar-refractivity contribution in [3.63, 3.8) is 0 Å². The molecule has 4 heteroatoms. The quantitative estimate of drug-likeness (QED) is 0.830. The second-order valence-electron chi connectivity index (χ2n) is 4.55. The molecule has 0 radical (unpaired) electrons. The number of carbonyl (C=O) groups excluding carboxylic acids is 1. The lowest BCUT2D eigenvalue weighted by atomic mass is 10.0. The first-order valence-electron chi connectivity index (χ1n) is 5.94. The van der Waals surface area contributed by atoms with Crippen molar-refractivity contribution in [3.05, 3.63) is 23.8 Å². The van der Waals surface area contributed by atoms with Crippen molar-refractivity contribution in [2.75, 3.05) is 18.5 Å². The third-order valence-electron chi connectivity index (χ3n) is 3.01. The Hall–Kier alpha value is -1.55. The van der Waals surface area contributed by atoms with Gasteiger partial charge in [-0.15, -0.1) is 0 Å². The van der Waals surface area contributed by atoms with Crippen LogP contribution in [-0.4, -0.2) is 19.1 Å². The summed E-state index contributed by atoms with van der Waals surface area (Å²) in [6.45, 7) is 2.96. The number of carbonyl (C=O) groups is 1. The minimum absolute atomic E-state index is 0.0926. The number of hydrogen-bond acceptors (Lipinski definition) is 3. The fourth-order valence-electron chi connectivity index (χ4n) is 1.82. The summed E-state index contributed by atoms with van der Waals surface area (Å²) in [5.41, 5.74) is 7.57. The van der Waals surface area contributed by atoms with Crippen LogP contribution in [-0.2, 0) is 11.2 Å². The summed E-state index contributed by atoms with van der Waals surface area (Å²) in [4.78, 5) is 11.2. The molecule has 92 valence electrons. The summed E-state index contributed by atoms with van der Waals surface area (Å²) < 4.78 is 5.31. The number of aryl methyl sites for hydroxylation is 1. The van der Waals surface area contributed by atoms with Gasteiger partial charge in [0.15, 0.2) is 6.61 Å². The Morgan fingerprint density at radius 1 is 1.53 bits per heavy atom. The van der Waals surface area contributed by atoms with Crippen LogP contribution in [0, 0.1) is 5.92 Å². The van der Waals surface area contributed by atoms with Crippen molar-refractivity contribution < 1.29 is 9.53 Å². The molecule has 4 nitrogen and oxygen atoms in total. The summed E-state index contributed by atoms with van der Waals surface area (Å²) in [5.74, 6) is 1.18. The monoisotopic (exact) mass is 234 g/mol. The molecule has 3 N–H and O–H groups in total. The molecule has 1 amide bonds. The topological polar surface area (TPSA) is 64.3 Å². The van der Waals surface area contributed by atoms with E-state index in [4.69, 9.17) is 10.5 Å². The van der Waals surface area contributed by atoms with E-state index >= 15 is 0 Å². The lowest BCUT2D eigenvalue weighted by Gasteiger charge is -2.18. The summed E-state index contributed by atoms with van der Waals surface area (Å²) in [6.07, 6.45) is 2.03. The first-order chi connectivity index (χ1) is 8.19. The van der Waals surface area contributed by atoms with E-state index in [1.54, 1.807) is 0 Å². The molecular formula is C13H18N2O2. The fraction of sp³-hybridized carbons (Fsp3) is 0.462. The van der Waals surface area contributed by atoms with Crippen LogP contribution in [0.5, 0.6) is 5.75 Å². The van der Waals surface area contributed by atoms with E-state index in [2.05, 4.69) is 12.2 Å². The number of benzene rings is 1. The second kappa shape index (κ2) is 5.19. The van der Waals surface area contributed by atoms with Crippen LogP contribution in [0.4, 0.5) is 5.69 Å². The van der Waals surface area contributed by atoms with Gasteiger partial charge in [0, 0.05) is 0 Å². The smallest absolute Gasteiger partial charge is 0.262 e. The van der Waals surface area contributed by atoms with Crippen molar-refractivity contribution in [2.24, 2.45) is 11.7 Å². The zero-order chi connectivity index (χ0) is 12.3. The zero-order valence-electron chi connectivity index (χ0n) is 10.0. The third-order valence-corrected chi connectivity index (χ3v) is 3.01. The minimum Gasteiger partial charge on any atom is -0.482 e. The maximum absolute atomic E-state index is 11.2. The van der Waals surface area contributed by atoms with Gasteiger partial charge in [0.2, 0.25) is 0 Å². The number of anilines is 1. The molecule has 1 heterocycles. The third kappa shape index (κ3) is 2.97. The number of ether oxygens (including phenoxy) is 1. The predicted octanol–water partition coefficient (Wildman–Crippen LogP) is 1.54. The number of rotatable bonds is 4. The largest absolute Gasteiger partial charge is 0.482 e. The molecule has 0 fully saturated rings. The number of fused-ring (bicyclic) bond motifs is 1. The van der Waals surface area contributed by atoms with E-state index in [0.29, 0.717) is 12.5 Å². The van der Waals surface area contributed by atoms with Crippen molar-refractivity contribution in [1.82, 2.24) is 0 Å². The maximum Gasteiger partial charge on any atom is 0.262 e. The molecule has 0 spiro atoms. The molecule has 0 aliphatic carbocycles. The van der Waals surface area contributed by atoms with Crippen molar-refractivity contribution >= 4 is 11.6 Å². The van der Waals surface area contributed by atoms with E-state index in [1.165, 1.54) is 5.56 Å². The highest BCUT2D eigenvalue weighted by Gasteiger charge is 2.15. The van der Waals surface area contributed by atoms with Gasteiger partial charge in [-0.25, -0.2) is 0 Å². The molecule has 1 atom stereocenters. The maximum atomic E-state index is 11.2. The Kier molecular flexibility index (Phi) is 3.64. The molecular weight excluding hydrogens is 216 g/mol. The van der Waals surface area contributed by atoms with Gasteiger partial charge in [0.05, 0.1) is 5.69 Å². The normalized spacial score (nSPS) is 15.8. The van der Waals surface area contributed by atoms with Gasteiger partial charge in [0.25, 0.3) is 5.91 Å². The highest BCUT2D eigenvalue weighted by molar-refractivity contribution is 5.95. The SMILES string of the molecule is CC(CN)CCc1ccc2c(c1)NC(=O)CO2. The van der Waals surface area contributed by atoms with Crippen LogP contribution in [0.3, 0.4) is 0 Å². The van der Waals surface area contributed by atoms with E-state index in [-0.39, 0.29) is 12.5 Å². The van der Waals surface area contributed by atoms with E-state index in [0.717, 1.165) is 24.3 Å². The summed E-state index contributed by atoms with van der Waals surface area (Å²) >= 11 is 0. The van der Waals surface area contributed by atoms with Gasteiger partial charge < -0.3 is 15.8 Å². The highest BCUT2D eigenvalue weighted by atomic mass is 16.5. The lowest BCUT2D eigenvalue weighted by molar-refractivity contribution is -0.118. The highest BCUT2D eigenvalue weighted by Crippen LogP contribution is 2.29. The minimum atomic E-state index is -0.0926. The first kappa shape index (κ1) is 11.9. The first-order valence-corrected chi connectivity index (χ1v) is 5.94. The standard InChI is InChI=1S/C13H18N2O2/c1-9(7-14)2-3-10-4-5-12-11(6-10)15-13(16)8-17-12/h4-6,9H,2-3,7-8,14H2,1H3,(H,15,16). The Bertz CT molecular complexity index is 418. The Balaban J connectivity index is 2.05. The number of amides is 1. The van der Waals surface area contributed by atoms with E-state index < -0.39 is 0 Å². The van der Waals surface area contributed by atoms with E-state index in [9.17, 15) is 4.79 Å². The number of nitrogens with two attached hydrogens (primary N) is 1. The summed E-state index contributed by atoms with van der Waals surface area (Å²) in [6, 6.07) is 5.94. The average Bonchev–Trinajstić information content (AvgIpc) is 2.35. The summed E-state index contributed by atoms with van der Waals surface area (Å²) in [5, 5.41) is 2.81. The van der Waals surface area contributed by atoms with E-state index in [1.807, 2.05) is 18.2 Å². The van der Waals surface area contributed by atoms with Crippen LogP contribution in [0.25, 0.3) is 0 Å². The Morgan fingerprint density at radius 3 is 3.12 bits per heavy atom. The van der Waals surface area contributed by atoms with Crippen LogP contribution < -0.4 is 15.8 Å². The van der Waals surface area contributed by atoms with Gasteiger partial charge in [0.1, 0.15) is 5.75 Å². The van der Waals surface area contributed by atoms with Gasteiger partial charge in [-0.3, -0.25) is 4.79 Å². The molecule has 0 aromatic heterocycles. The molecule has 1 aliphatic heterocycles. The van der Waals surface area contributed by atoms with Gasteiger partial charge in [-0.1, -0.05) is 13.0 Å². The number of nitrogens with one attached hydrogen (secondary N) is 1. The molecule has 0 saturated heterocycles. The Labute approximate surface area is 101 Å².